The van der Waals surface area contributed by atoms with Gasteiger partial charge in [0, 0.05) is 0 Å². The van der Waals surface area contributed by atoms with Gasteiger partial charge in [-0.2, -0.15) is 5.26 Å². The number of nitriles is 1. The Labute approximate surface area is 90.6 Å². The Hall–Kier alpha value is -0.600. The van der Waals surface area contributed by atoms with Gasteiger partial charge in [-0.05, 0) is 38.1 Å². The highest BCUT2D eigenvalue weighted by molar-refractivity contribution is 7.92. The normalized spacial score (nSPS) is 30.4. The summed E-state index contributed by atoms with van der Waals surface area (Å²) < 4.78 is 22.4. The molecule has 1 saturated carbocycles. The van der Waals surface area contributed by atoms with Crippen molar-refractivity contribution < 1.29 is 8.42 Å². The van der Waals surface area contributed by atoms with Crippen molar-refractivity contribution in [3.8, 4) is 6.07 Å². The average molecular weight is 228 g/mol. The molecule has 1 saturated heterocycles. The number of nitrogens with one attached hydrogen (secondary N) is 1. The molecule has 4 nitrogen and oxygen atoms in total. The van der Waals surface area contributed by atoms with Crippen LogP contribution in [0, 0.1) is 16.7 Å². The summed E-state index contributed by atoms with van der Waals surface area (Å²) in [5.41, 5.74) is -0.402. The maximum atomic E-state index is 11.2. The third-order valence-electron chi connectivity index (χ3n) is 3.91. The fraction of sp³-hybridized carbons (Fsp3) is 0.900. The molecule has 1 N–H and O–H groups in total. The third kappa shape index (κ3) is 1.77. The van der Waals surface area contributed by atoms with Gasteiger partial charge in [0.05, 0.1) is 17.6 Å². The summed E-state index contributed by atoms with van der Waals surface area (Å²) in [5.74, 6) is 0.677. The minimum Gasteiger partial charge on any atom is -0.302 e. The van der Waals surface area contributed by atoms with Gasteiger partial charge in [-0.3, -0.25) is 0 Å². The summed E-state index contributed by atoms with van der Waals surface area (Å²) in [5, 5.41) is 12.1. The van der Waals surface area contributed by atoms with Crippen molar-refractivity contribution in [1.82, 2.24) is 5.32 Å². The summed E-state index contributed by atoms with van der Waals surface area (Å²) in [6.45, 7) is 0. The maximum absolute atomic E-state index is 11.2. The molecule has 0 aromatic rings. The minimum absolute atomic E-state index is 0.00995. The largest absolute Gasteiger partial charge is 0.302 e. The maximum Gasteiger partial charge on any atom is 0.151 e. The van der Waals surface area contributed by atoms with Gasteiger partial charge >= 0.3 is 0 Å². The monoisotopic (exact) mass is 228 g/mol. The topological polar surface area (TPSA) is 70.0 Å². The summed E-state index contributed by atoms with van der Waals surface area (Å²) in [4.78, 5) is 0. The molecule has 0 unspecified atom stereocenters. The van der Waals surface area contributed by atoms with Gasteiger partial charge in [-0.15, -0.1) is 0 Å². The van der Waals surface area contributed by atoms with E-state index in [-0.39, 0.29) is 5.41 Å². The van der Waals surface area contributed by atoms with Crippen molar-refractivity contribution in [1.29, 1.82) is 5.26 Å². The van der Waals surface area contributed by atoms with Crippen molar-refractivity contribution in [3.63, 3.8) is 0 Å². The van der Waals surface area contributed by atoms with Crippen LogP contribution in [0.2, 0.25) is 0 Å². The van der Waals surface area contributed by atoms with E-state index in [4.69, 9.17) is 5.26 Å². The molecule has 15 heavy (non-hydrogen) atoms. The van der Waals surface area contributed by atoms with Crippen LogP contribution in [0.3, 0.4) is 0 Å². The Bertz CT molecular complexity index is 386. The molecule has 0 aromatic heterocycles. The second kappa shape index (κ2) is 3.19. The first-order chi connectivity index (χ1) is 6.95. The van der Waals surface area contributed by atoms with E-state index in [1.165, 1.54) is 0 Å². The first-order valence-corrected chi connectivity index (χ1v) is 7.08. The first-order valence-electron chi connectivity index (χ1n) is 5.26. The highest BCUT2D eigenvalue weighted by Crippen LogP contribution is 2.47. The average Bonchev–Trinajstić information content (AvgIpc) is 2.17. The van der Waals surface area contributed by atoms with E-state index in [1.54, 1.807) is 7.05 Å². The van der Waals surface area contributed by atoms with E-state index >= 15 is 0 Å². The molecule has 84 valence electrons. The van der Waals surface area contributed by atoms with Gasteiger partial charge < -0.3 is 5.32 Å². The van der Waals surface area contributed by atoms with Crippen LogP contribution in [-0.2, 0) is 9.84 Å². The lowest BCUT2D eigenvalue weighted by Gasteiger charge is -2.48. The lowest BCUT2D eigenvalue weighted by Crippen LogP contribution is -2.55. The highest BCUT2D eigenvalue weighted by atomic mass is 32.2. The molecular formula is C10H16N2O2S. The van der Waals surface area contributed by atoms with Gasteiger partial charge in [-0.1, -0.05) is 0 Å². The molecule has 1 spiro atoms. The van der Waals surface area contributed by atoms with Crippen molar-refractivity contribution in [2.24, 2.45) is 5.41 Å². The van der Waals surface area contributed by atoms with Crippen LogP contribution in [-0.4, -0.2) is 32.5 Å². The van der Waals surface area contributed by atoms with E-state index in [9.17, 15) is 8.42 Å². The Morgan fingerprint density at radius 1 is 1.20 bits per heavy atom. The van der Waals surface area contributed by atoms with Crippen LogP contribution in [0.25, 0.3) is 0 Å². The predicted molar refractivity (Wildman–Crippen MR) is 57.0 cm³/mol. The second-order valence-electron chi connectivity index (χ2n) is 4.98. The summed E-state index contributed by atoms with van der Waals surface area (Å²) in [6.07, 6.45) is 3.27. The molecule has 1 aliphatic heterocycles. The zero-order valence-corrected chi connectivity index (χ0v) is 9.73. The first kappa shape index (κ1) is 10.9. The molecule has 0 radical (unpaired) electrons. The quantitative estimate of drug-likeness (QED) is 0.707. The zero-order chi connectivity index (χ0) is 11.2. The van der Waals surface area contributed by atoms with Crippen molar-refractivity contribution in [3.05, 3.63) is 0 Å². The van der Waals surface area contributed by atoms with Gasteiger partial charge in [-0.25, -0.2) is 8.42 Å². The Morgan fingerprint density at radius 2 is 1.73 bits per heavy atom. The number of hydrogen-bond acceptors (Lipinski definition) is 4. The molecule has 0 aromatic carbocycles. The molecule has 2 rings (SSSR count). The van der Waals surface area contributed by atoms with Gasteiger partial charge in [0.15, 0.2) is 9.84 Å². The smallest absolute Gasteiger partial charge is 0.151 e. The summed E-state index contributed by atoms with van der Waals surface area (Å²) in [6, 6.07) is 2.31. The Kier molecular flexibility index (Phi) is 2.32. The van der Waals surface area contributed by atoms with Crippen LogP contribution < -0.4 is 5.32 Å². The molecule has 1 aliphatic carbocycles. The molecular weight excluding hydrogens is 212 g/mol. The zero-order valence-electron chi connectivity index (χ0n) is 8.91. The molecule has 5 heteroatoms. The van der Waals surface area contributed by atoms with Crippen LogP contribution in [0.5, 0.6) is 0 Å². The van der Waals surface area contributed by atoms with E-state index in [0.29, 0.717) is 11.5 Å². The fourth-order valence-electron chi connectivity index (χ4n) is 2.80. The number of nitrogens with zero attached hydrogens (tertiary/aromatic N) is 1. The van der Waals surface area contributed by atoms with Crippen LogP contribution in [0.15, 0.2) is 0 Å². The van der Waals surface area contributed by atoms with E-state index in [1.807, 2.05) is 0 Å². The predicted octanol–water partition coefficient (Wildman–Crippen LogP) is 0.457. The van der Waals surface area contributed by atoms with E-state index < -0.39 is 15.4 Å². The van der Waals surface area contributed by atoms with E-state index in [2.05, 4.69) is 11.4 Å². The lowest BCUT2D eigenvalue weighted by atomic mass is 9.69. The Balaban J connectivity index is 2.03. The van der Waals surface area contributed by atoms with Crippen LogP contribution in [0.4, 0.5) is 0 Å². The SMILES string of the molecule is CNC1(C#N)CCC2(CC1)CS(=O)(=O)C2. The molecule has 0 atom stereocenters. The lowest BCUT2D eigenvalue weighted by molar-refractivity contribution is 0.166. The third-order valence-corrected chi connectivity index (χ3v) is 6.01. The van der Waals surface area contributed by atoms with Crippen LogP contribution >= 0.6 is 0 Å². The number of hydrogen-bond donors (Lipinski definition) is 1. The second-order valence-corrected chi connectivity index (χ2v) is 7.04. The molecule has 1 heterocycles. The van der Waals surface area contributed by atoms with Gasteiger partial charge in [0.25, 0.3) is 0 Å². The van der Waals surface area contributed by atoms with Crippen LogP contribution in [0.1, 0.15) is 25.7 Å². The number of sulfone groups is 1. The molecule has 0 bridgehead atoms. The summed E-state index contributed by atoms with van der Waals surface area (Å²) in [7, 11) is -0.939. The van der Waals surface area contributed by atoms with Crippen molar-refractivity contribution in [2.45, 2.75) is 31.2 Å². The molecule has 2 aliphatic rings. The fourth-order valence-corrected chi connectivity index (χ4v) is 5.16. The van der Waals surface area contributed by atoms with Gasteiger partial charge in [0.2, 0.25) is 0 Å². The Morgan fingerprint density at radius 3 is 2.07 bits per heavy atom. The molecule has 2 fully saturated rings. The number of rotatable bonds is 1. The van der Waals surface area contributed by atoms with E-state index in [0.717, 1.165) is 25.7 Å². The van der Waals surface area contributed by atoms with Crippen molar-refractivity contribution >= 4 is 9.84 Å². The standard InChI is InChI=1S/C10H16N2O2S/c1-12-10(6-11)4-2-9(3-5-10)7-15(13,14)8-9/h12H,2-5,7-8H2,1H3. The van der Waals surface area contributed by atoms with Gasteiger partial charge in [0.1, 0.15) is 5.54 Å². The minimum atomic E-state index is -2.74. The highest BCUT2D eigenvalue weighted by Gasteiger charge is 2.52. The summed E-state index contributed by atoms with van der Waals surface area (Å²) >= 11 is 0. The molecule has 0 amide bonds. The van der Waals surface area contributed by atoms with Crippen molar-refractivity contribution in [2.75, 3.05) is 18.6 Å².